The third-order valence-electron chi connectivity index (χ3n) is 10.9. The zero-order valence-electron chi connectivity index (χ0n) is 32.3. The predicted molar refractivity (Wildman–Crippen MR) is 247 cm³/mol. The van der Waals surface area contributed by atoms with Gasteiger partial charge >= 0.3 is 0 Å². The average Bonchev–Trinajstić information content (AvgIpc) is 3.70. The molecule has 4 heteroatoms. The molecule has 2 N–H and O–H groups in total. The first-order valence-corrected chi connectivity index (χ1v) is 19.9. The highest BCUT2D eigenvalue weighted by Crippen LogP contribution is 2.40. The lowest BCUT2D eigenvalue weighted by Crippen LogP contribution is -2.16. The lowest BCUT2D eigenvalue weighted by molar-refractivity contribution is 0.670. The molecule has 9 aromatic carbocycles. The third-order valence-corrected chi connectivity index (χ3v) is 10.9. The van der Waals surface area contributed by atoms with Crippen molar-refractivity contribution in [2.24, 2.45) is 15.7 Å². The predicted octanol–water partition coefficient (Wildman–Crippen LogP) is 13.8. The summed E-state index contributed by atoms with van der Waals surface area (Å²) in [5.41, 5.74) is 20.2. The van der Waals surface area contributed by atoms with E-state index < -0.39 is 0 Å². The lowest BCUT2D eigenvalue weighted by atomic mass is 9.93. The quantitative estimate of drug-likeness (QED) is 0.124. The van der Waals surface area contributed by atoms with E-state index in [0.717, 1.165) is 71.7 Å². The highest BCUT2D eigenvalue weighted by atomic mass is 16.3. The largest absolute Gasteiger partial charge is 0.455 e. The van der Waals surface area contributed by atoms with E-state index in [2.05, 4.69) is 176 Å². The Morgan fingerprint density at radius 3 is 1.61 bits per heavy atom. The Hall–Kier alpha value is -7.82. The molecule has 0 radical (unpaired) electrons. The summed E-state index contributed by atoms with van der Waals surface area (Å²) in [4.78, 5) is 10.3. The number of nitrogens with two attached hydrogens (primary N) is 1. The average molecular weight is 758 g/mol. The molecule has 0 aliphatic heterocycles. The van der Waals surface area contributed by atoms with Gasteiger partial charge in [0, 0.05) is 27.5 Å². The molecule has 0 saturated heterocycles. The molecule has 0 amide bonds. The molecule has 59 heavy (non-hydrogen) atoms. The summed E-state index contributed by atoms with van der Waals surface area (Å²) in [5.74, 6) is 0.947. The number of fused-ring (bicyclic) bond motifs is 5. The van der Waals surface area contributed by atoms with Crippen molar-refractivity contribution < 1.29 is 4.42 Å². The number of amidine groups is 2. The van der Waals surface area contributed by atoms with Crippen LogP contribution in [0.15, 0.2) is 227 Å². The molecule has 4 nitrogen and oxygen atoms in total. The monoisotopic (exact) mass is 757 g/mol. The first kappa shape index (κ1) is 35.6. The van der Waals surface area contributed by atoms with Gasteiger partial charge in [0.05, 0.1) is 6.54 Å². The molecule has 0 bridgehead atoms. The molecule has 0 spiro atoms. The molecule has 1 aromatic heterocycles. The Kier molecular flexibility index (Phi) is 9.41. The molecule has 0 atom stereocenters. The van der Waals surface area contributed by atoms with Crippen LogP contribution in [0.2, 0.25) is 0 Å². The molecule has 0 unspecified atom stereocenters. The van der Waals surface area contributed by atoms with E-state index in [4.69, 9.17) is 20.1 Å². The number of hydrogen-bond donors (Lipinski definition) is 1. The number of furan rings is 1. The summed E-state index contributed by atoms with van der Waals surface area (Å²) in [6.45, 7) is 0.411. The molecule has 280 valence electrons. The van der Waals surface area contributed by atoms with Crippen LogP contribution in [-0.2, 0) is 6.54 Å². The Balaban J connectivity index is 1.08. The maximum Gasteiger partial charge on any atom is 0.157 e. The second-order valence-electron chi connectivity index (χ2n) is 14.8. The third kappa shape index (κ3) is 7.20. The van der Waals surface area contributed by atoms with Crippen molar-refractivity contribution >= 4 is 44.4 Å². The maximum atomic E-state index is 6.75. The first-order valence-electron chi connectivity index (χ1n) is 19.9. The highest BCUT2D eigenvalue weighted by Gasteiger charge is 2.19. The zero-order valence-corrected chi connectivity index (χ0v) is 32.3. The van der Waals surface area contributed by atoms with Gasteiger partial charge in [-0.25, -0.2) is 4.99 Å². The fraction of sp³-hybridized carbons (Fsp3) is 0.0182. The molecule has 0 aliphatic carbocycles. The van der Waals surface area contributed by atoms with E-state index in [1.165, 1.54) is 22.3 Å². The Bertz CT molecular complexity index is 3090. The molecular formula is C55H39N3O. The summed E-state index contributed by atoms with van der Waals surface area (Å²) < 4.78 is 6.67. The van der Waals surface area contributed by atoms with Gasteiger partial charge in [-0.1, -0.05) is 176 Å². The minimum absolute atomic E-state index is 0.399. The number of rotatable bonds is 8. The maximum absolute atomic E-state index is 6.75. The van der Waals surface area contributed by atoms with E-state index in [1.807, 2.05) is 36.4 Å². The van der Waals surface area contributed by atoms with Crippen LogP contribution < -0.4 is 5.73 Å². The topological polar surface area (TPSA) is 63.9 Å². The highest BCUT2D eigenvalue weighted by molar-refractivity contribution is 6.22. The standard InChI is InChI=1S/C55H39N3O/c56-54(43-22-11-4-12-23-43)58-55(47-34-49(41-19-9-3-10-20-41)53-50(35-47)52-48-24-14-13-21-42(48)29-30-51(52)59-53)57-36-37-25-27-40(28-26-37)46-32-44(38-15-5-1-6-16-38)31-45(33-46)39-17-7-2-8-18-39/h1-35H,36H2,(H2,56,57,58). The zero-order chi connectivity index (χ0) is 39.5. The van der Waals surface area contributed by atoms with Crippen LogP contribution >= 0.6 is 0 Å². The Labute approximate surface area is 343 Å². The number of nitrogens with zero attached hydrogens (tertiary/aromatic N) is 2. The molecular weight excluding hydrogens is 719 g/mol. The molecule has 0 fully saturated rings. The number of aliphatic imine (C=N–C) groups is 2. The van der Waals surface area contributed by atoms with Crippen LogP contribution in [-0.4, -0.2) is 11.7 Å². The van der Waals surface area contributed by atoms with Gasteiger partial charge in [-0.3, -0.25) is 4.99 Å². The van der Waals surface area contributed by atoms with Crippen molar-refractivity contribution in [1.82, 2.24) is 0 Å². The van der Waals surface area contributed by atoms with Crippen LogP contribution in [0.4, 0.5) is 0 Å². The van der Waals surface area contributed by atoms with Crippen molar-refractivity contribution in [3.63, 3.8) is 0 Å². The van der Waals surface area contributed by atoms with Crippen molar-refractivity contribution in [2.45, 2.75) is 6.54 Å². The van der Waals surface area contributed by atoms with Gasteiger partial charge in [-0.15, -0.1) is 0 Å². The SMILES string of the molecule is NC(=NC(=NCc1ccc(-c2cc(-c3ccccc3)cc(-c3ccccc3)c2)cc1)c1cc(-c2ccccc2)c2oc3ccc4ccccc4c3c2c1)c1ccccc1. The second kappa shape index (κ2) is 15.6. The van der Waals surface area contributed by atoms with Crippen molar-refractivity contribution in [3.05, 3.63) is 229 Å². The van der Waals surface area contributed by atoms with Crippen molar-refractivity contribution in [1.29, 1.82) is 0 Å². The van der Waals surface area contributed by atoms with Crippen molar-refractivity contribution in [3.8, 4) is 44.5 Å². The van der Waals surface area contributed by atoms with E-state index >= 15 is 0 Å². The van der Waals surface area contributed by atoms with Gasteiger partial charge in [0.15, 0.2) is 5.84 Å². The van der Waals surface area contributed by atoms with Gasteiger partial charge in [0.25, 0.3) is 0 Å². The minimum Gasteiger partial charge on any atom is -0.455 e. The fourth-order valence-electron chi connectivity index (χ4n) is 7.95. The van der Waals surface area contributed by atoms with Gasteiger partial charge in [0.2, 0.25) is 0 Å². The summed E-state index contributed by atoms with van der Waals surface area (Å²) in [6.07, 6.45) is 0. The van der Waals surface area contributed by atoms with E-state index in [9.17, 15) is 0 Å². The van der Waals surface area contributed by atoms with Crippen LogP contribution in [0.1, 0.15) is 16.7 Å². The second-order valence-corrected chi connectivity index (χ2v) is 14.8. The number of benzene rings is 9. The van der Waals surface area contributed by atoms with E-state index in [0.29, 0.717) is 18.2 Å². The smallest absolute Gasteiger partial charge is 0.157 e. The first-order chi connectivity index (χ1) is 29.1. The van der Waals surface area contributed by atoms with Crippen molar-refractivity contribution in [2.75, 3.05) is 0 Å². The fourth-order valence-corrected chi connectivity index (χ4v) is 7.95. The van der Waals surface area contributed by atoms with E-state index in [1.54, 1.807) is 0 Å². The Morgan fingerprint density at radius 1 is 0.441 bits per heavy atom. The lowest BCUT2D eigenvalue weighted by Gasteiger charge is -2.12. The van der Waals surface area contributed by atoms with Gasteiger partial charge in [-0.05, 0) is 91.7 Å². The molecule has 10 rings (SSSR count). The summed E-state index contributed by atoms with van der Waals surface area (Å²) in [5, 5.41) is 4.36. The molecule has 0 saturated carbocycles. The minimum atomic E-state index is 0.399. The summed E-state index contributed by atoms with van der Waals surface area (Å²) in [7, 11) is 0. The van der Waals surface area contributed by atoms with Gasteiger partial charge < -0.3 is 10.2 Å². The number of hydrogen-bond acceptors (Lipinski definition) is 2. The van der Waals surface area contributed by atoms with Crippen LogP contribution in [0.5, 0.6) is 0 Å². The normalized spacial score (nSPS) is 12.1. The van der Waals surface area contributed by atoms with Crippen LogP contribution in [0, 0.1) is 0 Å². The molecule has 0 aliphatic rings. The van der Waals surface area contributed by atoms with Crippen LogP contribution in [0.3, 0.4) is 0 Å². The molecule has 10 aromatic rings. The molecule has 1 heterocycles. The summed E-state index contributed by atoms with van der Waals surface area (Å²) >= 11 is 0. The summed E-state index contributed by atoms with van der Waals surface area (Å²) in [6, 6.07) is 73.8. The van der Waals surface area contributed by atoms with Gasteiger partial charge in [-0.2, -0.15) is 0 Å². The Morgan fingerprint density at radius 2 is 0.983 bits per heavy atom. The van der Waals surface area contributed by atoms with Crippen LogP contribution in [0.25, 0.3) is 77.2 Å². The van der Waals surface area contributed by atoms with Gasteiger partial charge in [0.1, 0.15) is 17.0 Å². The van der Waals surface area contributed by atoms with E-state index in [-0.39, 0.29) is 0 Å².